The number of hydrogen-bond acceptors (Lipinski definition) is 1. The van der Waals surface area contributed by atoms with Gasteiger partial charge >= 0.3 is 0 Å². The predicted octanol–water partition coefficient (Wildman–Crippen LogP) is 3.76. The van der Waals surface area contributed by atoms with Crippen molar-refractivity contribution < 1.29 is 5.11 Å². The first-order valence-electron chi connectivity index (χ1n) is 4.60. The van der Waals surface area contributed by atoms with Crippen LogP contribution in [0.25, 0.3) is 10.9 Å². The van der Waals surface area contributed by atoms with Crippen LogP contribution in [0.4, 0.5) is 0 Å². The molecule has 74 valence electrons. The van der Waals surface area contributed by atoms with E-state index in [4.69, 9.17) is 0 Å². The highest BCUT2D eigenvalue weighted by molar-refractivity contribution is 9.10. The number of phenolic OH excluding ortho intramolecular Hbond substituents is 1. The molecule has 0 spiro atoms. The van der Waals surface area contributed by atoms with Crippen LogP contribution >= 0.6 is 15.9 Å². The van der Waals surface area contributed by atoms with Gasteiger partial charge in [-0.3, -0.25) is 0 Å². The Hall–Kier alpha value is -0.960. The molecule has 0 aliphatic carbocycles. The van der Waals surface area contributed by atoms with Crippen LogP contribution in [0.1, 0.15) is 25.5 Å². The predicted molar refractivity (Wildman–Crippen MR) is 61.8 cm³/mol. The highest BCUT2D eigenvalue weighted by atomic mass is 79.9. The van der Waals surface area contributed by atoms with Crippen LogP contribution < -0.4 is 0 Å². The summed E-state index contributed by atoms with van der Waals surface area (Å²) in [6.45, 7) is 4.24. The van der Waals surface area contributed by atoms with Crippen molar-refractivity contribution >= 4 is 26.8 Å². The Morgan fingerprint density at radius 2 is 2.07 bits per heavy atom. The van der Waals surface area contributed by atoms with Gasteiger partial charge in [-0.15, -0.1) is 0 Å². The number of nitrogens with one attached hydrogen (secondary N) is 1. The number of aromatic amines is 1. The Balaban J connectivity index is 2.81. The Bertz CT molecular complexity index is 473. The van der Waals surface area contributed by atoms with E-state index in [-0.39, 0.29) is 0 Å². The lowest BCUT2D eigenvalue weighted by Crippen LogP contribution is -1.86. The summed E-state index contributed by atoms with van der Waals surface area (Å²) in [6.07, 6.45) is 0. The minimum Gasteiger partial charge on any atom is -0.507 e. The van der Waals surface area contributed by atoms with Crippen LogP contribution in [0, 0.1) is 0 Å². The lowest BCUT2D eigenvalue weighted by Gasteiger charge is -2.01. The molecule has 3 heteroatoms. The number of H-pyrrole nitrogens is 1. The molecule has 2 nitrogen and oxygen atoms in total. The third-order valence-corrected chi connectivity index (χ3v) is 3.17. The van der Waals surface area contributed by atoms with Gasteiger partial charge in [-0.2, -0.15) is 0 Å². The molecule has 0 saturated carbocycles. The van der Waals surface area contributed by atoms with E-state index in [0.717, 1.165) is 21.1 Å². The van der Waals surface area contributed by atoms with Crippen molar-refractivity contribution in [2.45, 2.75) is 19.8 Å². The first-order valence-corrected chi connectivity index (χ1v) is 5.39. The van der Waals surface area contributed by atoms with Crippen molar-refractivity contribution in [2.75, 3.05) is 0 Å². The molecule has 0 radical (unpaired) electrons. The average Bonchev–Trinajstić information content (AvgIpc) is 2.45. The number of aromatic hydroxyl groups is 1. The van der Waals surface area contributed by atoms with E-state index >= 15 is 0 Å². The van der Waals surface area contributed by atoms with Crippen LogP contribution in [0.3, 0.4) is 0 Å². The van der Waals surface area contributed by atoms with Gasteiger partial charge in [-0.1, -0.05) is 19.9 Å². The minimum atomic E-state index is 0.317. The molecule has 2 aromatic rings. The second-order valence-corrected chi connectivity index (χ2v) is 4.50. The zero-order valence-electron chi connectivity index (χ0n) is 8.13. The molecule has 0 amide bonds. The number of rotatable bonds is 1. The Morgan fingerprint density at radius 1 is 1.36 bits per heavy atom. The summed E-state index contributed by atoms with van der Waals surface area (Å²) in [5.74, 6) is 0.730. The van der Waals surface area contributed by atoms with Crippen molar-refractivity contribution in [3.63, 3.8) is 0 Å². The minimum absolute atomic E-state index is 0.317. The molecule has 1 aromatic heterocycles. The summed E-state index contributed by atoms with van der Waals surface area (Å²) < 4.78 is 0.973. The quantitative estimate of drug-likeness (QED) is 0.798. The standard InChI is InChI=1S/C11H12BrNO/c1-6(2)11-10(12)9-7(13-11)4-3-5-8(9)14/h3-6,13-14H,1-2H3. The topological polar surface area (TPSA) is 36.0 Å². The maximum Gasteiger partial charge on any atom is 0.126 e. The Labute approximate surface area is 91.1 Å². The van der Waals surface area contributed by atoms with Gasteiger partial charge in [0.15, 0.2) is 0 Å². The lowest BCUT2D eigenvalue weighted by atomic mass is 10.1. The lowest BCUT2D eigenvalue weighted by molar-refractivity contribution is 0.481. The van der Waals surface area contributed by atoms with E-state index in [1.807, 2.05) is 12.1 Å². The molecule has 0 aliphatic rings. The smallest absolute Gasteiger partial charge is 0.126 e. The molecule has 0 aliphatic heterocycles. The molecule has 2 N–H and O–H groups in total. The molecule has 1 heterocycles. The van der Waals surface area contributed by atoms with Crippen molar-refractivity contribution in [1.82, 2.24) is 4.98 Å². The second kappa shape index (κ2) is 3.31. The molecule has 0 unspecified atom stereocenters. The number of aromatic nitrogens is 1. The molecule has 1 aromatic carbocycles. The monoisotopic (exact) mass is 253 g/mol. The SMILES string of the molecule is CC(C)c1[nH]c2cccc(O)c2c1Br. The van der Waals surface area contributed by atoms with Crippen molar-refractivity contribution in [3.8, 4) is 5.75 Å². The van der Waals surface area contributed by atoms with Gasteiger partial charge in [0.2, 0.25) is 0 Å². The van der Waals surface area contributed by atoms with Crippen LogP contribution in [-0.4, -0.2) is 10.1 Å². The van der Waals surface area contributed by atoms with Crippen LogP contribution in [0.2, 0.25) is 0 Å². The van der Waals surface area contributed by atoms with Crippen molar-refractivity contribution in [2.24, 2.45) is 0 Å². The van der Waals surface area contributed by atoms with E-state index in [1.165, 1.54) is 0 Å². The first-order chi connectivity index (χ1) is 6.61. The number of fused-ring (bicyclic) bond motifs is 1. The van der Waals surface area contributed by atoms with Gasteiger partial charge in [0.25, 0.3) is 0 Å². The largest absolute Gasteiger partial charge is 0.507 e. The molecule has 0 bridgehead atoms. The maximum absolute atomic E-state index is 9.70. The third kappa shape index (κ3) is 1.32. The zero-order chi connectivity index (χ0) is 10.3. The summed E-state index contributed by atoms with van der Waals surface area (Å²) in [6, 6.07) is 5.50. The van der Waals surface area contributed by atoms with Crippen LogP contribution in [0.15, 0.2) is 22.7 Å². The van der Waals surface area contributed by atoms with E-state index < -0.39 is 0 Å². The van der Waals surface area contributed by atoms with Gasteiger partial charge in [0.05, 0.1) is 15.4 Å². The molecule has 0 saturated heterocycles. The van der Waals surface area contributed by atoms with Gasteiger partial charge in [-0.05, 0) is 34.0 Å². The van der Waals surface area contributed by atoms with E-state index in [1.54, 1.807) is 6.07 Å². The van der Waals surface area contributed by atoms with Crippen LogP contribution in [-0.2, 0) is 0 Å². The number of hydrogen-bond donors (Lipinski definition) is 2. The molecule has 0 fully saturated rings. The molecule has 14 heavy (non-hydrogen) atoms. The highest BCUT2D eigenvalue weighted by Crippen LogP contribution is 2.36. The van der Waals surface area contributed by atoms with E-state index in [2.05, 4.69) is 34.8 Å². The summed E-state index contributed by atoms with van der Waals surface area (Å²) >= 11 is 3.51. The van der Waals surface area contributed by atoms with Gasteiger partial charge in [-0.25, -0.2) is 0 Å². The summed E-state index contributed by atoms with van der Waals surface area (Å²) in [4.78, 5) is 3.30. The maximum atomic E-state index is 9.70. The fourth-order valence-electron chi connectivity index (χ4n) is 1.61. The fraction of sp³-hybridized carbons (Fsp3) is 0.273. The first kappa shape index (κ1) is 9.59. The van der Waals surface area contributed by atoms with Gasteiger partial charge < -0.3 is 10.1 Å². The van der Waals surface area contributed by atoms with E-state index in [0.29, 0.717) is 11.7 Å². The van der Waals surface area contributed by atoms with E-state index in [9.17, 15) is 5.11 Å². The second-order valence-electron chi connectivity index (χ2n) is 3.71. The summed E-state index contributed by atoms with van der Waals surface area (Å²) in [5.41, 5.74) is 2.10. The molecule has 2 rings (SSSR count). The number of phenols is 1. The third-order valence-electron chi connectivity index (χ3n) is 2.35. The zero-order valence-corrected chi connectivity index (χ0v) is 9.72. The normalized spacial score (nSPS) is 11.4. The Morgan fingerprint density at radius 3 is 2.64 bits per heavy atom. The molecule has 0 atom stereocenters. The van der Waals surface area contributed by atoms with Crippen molar-refractivity contribution in [3.05, 3.63) is 28.4 Å². The summed E-state index contributed by atoms with van der Waals surface area (Å²) in [7, 11) is 0. The number of halogens is 1. The van der Waals surface area contributed by atoms with Gasteiger partial charge in [0.1, 0.15) is 5.75 Å². The van der Waals surface area contributed by atoms with Crippen LogP contribution in [0.5, 0.6) is 5.75 Å². The molecular weight excluding hydrogens is 242 g/mol. The average molecular weight is 254 g/mol. The fourth-order valence-corrected chi connectivity index (χ4v) is 2.58. The molecular formula is C11H12BrNO. The number of benzene rings is 1. The highest BCUT2D eigenvalue weighted by Gasteiger charge is 2.13. The summed E-state index contributed by atoms with van der Waals surface area (Å²) in [5, 5.41) is 10.6. The Kier molecular flexibility index (Phi) is 2.27. The van der Waals surface area contributed by atoms with Crippen molar-refractivity contribution in [1.29, 1.82) is 0 Å². The van der Waals surface area contributed by atoms with Gasteiger partial charge in [0, 0.05) is 5.69 Å².